The molecule has 0 aliphatic heterocycles. The zero-order valence-electron chi connectivity index (χ0n) is 15.0. The molecule has 8 nitrogen and oxygen atoms in total. The fraction of sp³-hybridized carbons (Fsp3) is 0.353. The standard InChI is InChI=1S/C17H19N3O5S2/c1-4-5-6-10(21)11-8(2)12(16(24)25-3)27-15(11)18-7-9-13(22)19-17(26)20-14(9)23/h7H,4-6H2,1-3H3,(H3,19,20,22,23,26)/b18-7+. The first-order chi connectivity index (χ1) is 12.8. The third kappa shape index (κ3) is 4.58. The number of nitrogens with one attached hydrogen (secondary N) is 2. The second-order valence-corrected chi connectivity index (χ2v) is 7.09. The van der Waals surface area contributed by atoms with Crippen LogP contribution in [-0.4, -0.2) is 40.2 Å². The van der Waals surface area contributed by atoms with E-state index in [1.165, 1.54) is 7.11 Å². The number of rotatable bonds is 7. The number of carbonyl (C=O) groups is 2. The number of ether oxygens (including phenoxy) is 1. The molecule has 27 heavy (non-hydrogen) atoms. The van der Waals surface area contributed by atoms with Gasteiger partial charge in [0, 0.05) is 12.6 Å². The van der Waals surface area contributed by atoms with E-state index in [9.17, 15) is 19.5 Å². The van der Waals surface area contributed by atoms with Crippen molar-refractivity contribution in [2.45, 2.75) is 33.1 Å². The lowest BCUT2D eigenvalue weighted by Crippen LogP contribution is -2.13. The van der Waals surface area contributed by atoms with Crippen molar-refractivity contribution in [1.29, 1.82) is 0 Å². The molecule has 2 rings (SSSR count). The molecule has 10 heteroatoms. The summed E-state index contributed by atoms with van der Waals surface area (Å²) in [6.07, 6.45) is 3.01. The molecule has 144 valence electrons. The predicted molar refractivity (Wildman–Crippen MR) is 105 cm³/mol. The molecule has 3 N–H and O–H groups in total. The zero-order valence-corrected chi connectivity index (χ0v) is 16.7. The van der Waals surface area contributed by atoms with Gasteiger partial charge in [-0.1, -0.05) is 13.3 Å². The predicted octanol–water partition coefficient (Wildman–Crippen LogP) is 3.42. The van der Waals surface area contributed by atoms with E-state index >= 15 is 0 Å². The van der Waals surface area contributed by atoms with Gasteiger partial charge in [0.15, 0.2) is 10.6 Å². The van der Waals surface area contributed by atoms with Crippen LogP contribution in [0.25, 0.3) is 0 Å². The molecule has 0 atom stereocenters. The van der Waals surface area contributed by atoms with Crippen LogP contribution >= 0.6 is 23.6 Å². The summed E-state index contributed by atoms with van der Waals surface area (Å²) in [6.45, 7) is 3.63. The zero-order chi connectivity index (χ0) is 20.1. The maximum absolute atomic E-state index is 12.6. The summed E-state index contributed by atoms with van der Waals surface area (Å²) in [4.78, 5) is 45.7. The Labute approximate surface area is 163 Å². The lowest BCUT2D eigenvalue weighted by molar-refractivity contribution is 0.0605. The van der Waals surface area contributed by atoms with Gasteiger partial charge in [-0.3, -0.25) is 14.6 Å². The number of aromatic nitrogens is 2. The number of unbranched alkanes of at least 4 members (excludes halogenated alkanes) is 1. The quantitative estimate of drug-likeness (QED) is 0.278. The summed E-state index contributed by atoms with van der Waals surface area (Å²) >= 11 is 5.77. The molecule has 0 aliphatic rings. The molecule has 0 bridgehead atoms. The Balaban J connectivity index is 2.55. The summed E-state index contributed by atoms with van der Waals surface area (Å²) in [7, 11) is 1.26. The average Bonchev–Trinajstić information content (AvgIpc) is 2.94. The van der Waals surface area contributed by atoms with Gasteiger partial charge in [-0.25, -0.2) is 9.79 Å². The van der Waals surface area contributed by atoms with Crippen molar-refractivity contribution in [3.8, 4) is 5.88 Å². The number of carbonyl (C=O) groups excluding carboxylic acids is 2. The number of esters is 1. The van der Waals surface area contributed by atoms with Crippen molar-refractivity contribution >= 4 is 46.5 Å². The highest BCUT2D eigenvalue weighted by Gasteiger charge is 2.24. The molecule has 0 amide bonds. The number of thiophene rings is 1. The molecule has 0 radical (unpaired) electrons. The van der Waals surface area contributed by atoms with Gasteiger partial charge in [-0.2, -0.15) is 0 Å². The highest BCUT2D eigenvalue weighted by molar-refractivity contribution is 7.71. The second kappa shape index (κ2) is 8.87. The van der Waals surface area contributed by atoms with Gasteiger partial charge in [0.05, 0.1) is 12.7 Å². The first kappa shape index (κ1) is 20.7. The molecule has 0 unspecified atom stereocenters. The number of nitrogens with zero attached hydrogens (tertiary/aromatic N) is 1. The van der Waals surface area contributed by atoms with Crippen LogP contribution in [0.4, 0.5) is 5.00 Å². The highest BCUT2D eigenvalue weighted by Crippen LogP contribution is 2.37. The van der Waals surface area contributed by atoms with Crippen molar-refractivity contribution in [1.82, 2.24) is 9.97 Å². The van der Waals surface area contributed by atoms with Crippen LogP contribution in [0.5, 0.6) is 5.88 Å². The molecular formula is C17H19N3O5S2. The van der Waals surface area contributed by atoms with E-state index in [1.54, 1.807) is 6.92 Å². The minimum absolute atomic E-state index is 0.0231. The normalized spacial score (nSPS) is 11.1. The first-order valence-electron chi connectivity index (χ1n) is 8.14. The van der Waals surface area contributed by atoms with E-state index in [2.05, 4.69) is 15.0 Å². The molecule has 2 aromatic rings. The SMILES string of the molecule is CCCCC(=O)c1c(/N=C/c2c(O)[nH]c(=S)[nH]c2=O)sc(C(=O)OC)c1C. The fourth-order valence-corrected chi connectivity index (χ4v) is 3.67. The Kier molecular flexibility index (Phi) is 6.81. The minimum Gasteiger partial charge on any atom is -0.494 e. The molecule has 0 spiro atoms. The molecule has 0 aliphatic carbocycles. The van der Waals surface area contributed by atoms with E-state index in [0.29, 0.717) is 24.0 Å². The van der Waals surface area contributed by atoms with E-state index in [1.807, 2.05) is 6.92 Å². The van der Waals surface area contributed by atoms with Gasteiger partial charge >= 0.3 is 5.97 Å². The molecule has 0 aromatic carbocycles. The number of ketones is 1. The fourth-order valence-electron chi connectivity index (χ4n) is 2.39. The Bertz CT molecular complexity index is 1020. The topological polar surface area (TPSA) is 125 Å². The molecule has 0 saturated heterocycles. The van der Waals surface area contributed by atoms with Gasteiger partial charge in [0.1, 0.15) is 15.4 Å². The van der Waals surface area contributed by atoms with Crippen molar-refractivity contribution in [3.05, 3.63) is 36.7 Å². The van der Waals surface area contributed by atoms with E-state index in [0.717, 1.165) is 24.0 Å². The van der Waals surface area contributed by atoms with E-state index < -0.39 is 17.4 Å². The number of hydrogen-bond acceptors (Lipinski definition) is 8. The summed E-state index contributed by atoms with van der Waals surface area (Å²) in [5.74, 6) is -1.14. The van der Waals surface area contributed by atoms with Crippen LogP contribution in [0.1, 0.15) is 57.3 Å². The number of aliphatic imine (C=N–C) groups is 1. The van der Waals surface area contributed by atoms with Gasteiger partial charge in [-0.15, -0.1) is 11.3 Å². The van der Waals surface area contributed by atoms with E-state index in [-0.39, 0.29) is 26.0 Å². The van der Waals surface area contributed by atoms with E-state index in [4.69, 9.17) is 17.0 Å². The maximum atomic E-state index is 12.6. The monoisotopic (exact) mass is 409 g/mol. The lowest BCUT2D eigenvalue weighted by Gasteiger charge is -2.02. The Morgan fingerprint density at radius 3 is 2.67 bits per heavy atom. The maximum Gasteiger partial charge on any atom is 0.348 e. The third-order valence-corrected chi connectivity index (χ3v) is 5.19. The van der Waals surface area contributed by atoms with Crippen LogP contribution in [0, 0.1) is 11.7 Å². The van der Waals surface area contributed by atoms with Crippen LogP contribution in [-0.2, 0) is 4.74 Å². The van der Waals surface area contributed by atoms with Gasteiger partial charge < -0.3 is 14.8 Å². The van der Waals surface area contributed by atoms with Crippen molar-refractivity contribution in [2.24, 2.45) is 4.99 Å². The Morgan fingerprint density at radius 2 is 2.07 bits per heavy atom. The van der Waals surface area contributed by atoms with Gasteiger partial charge in [0.2, 0.25) is 5.88 Å². The average molecular weight is 409 g/mol. The molecule has 2 heterocycles. The molecule has 2 aromatic heterocycles. The molecule has 0 saturated carbocycles. The minimum atomic E-state index is -0.625. The van der Waals surface area contributed by atoms with Crippen LogP contribution in [0.2, 0.25) is 0 Å². The Morgan fingerprint density at radius 1 is 1.37 bits per heavy atom. The number of aromatic amines is 2. The Hall–Kier alpha value is -2.59. The third-order valence-electron chi connectivity index (χ3n) is 3.80. The lowest BCUT2D eigenvalue weighted by atomic mass is 10.0. The number of methoxy groups -OCH3 is 1. The van der Waals surface area contributed by atoms with Crippen LogP contribution in [0.3, 0.4) is 0 Å². The summed E-state index contributed by atoms with van der Waals surface area (Å²) in [5, 5.41) is 10.1. The van der Waals surface area contributed by atoms with Crippen LogP contribution in [0.15, 0.2) is 9.79 Å². The molecule has 0 fully saturated rings. The summed E-state index contributed by atoms with van der Waals surface area (Å²) < 4.78 is 4.73. The summed E-state index contributed by atoms with van der Waals surface area (Å²) in [6, 6.07) is 0. The smallest absolute Gasteiger partial charge is 0.348 e. The number of hydrogen-bond donors (Lipinski definition) is 3. The van der Waals surface area contributed by atoms with Crippen LogP contribution < -0.4 is 5.56 Å². The van der Waals surface area contributed by atoms with Crippen molar-refractivity contribution < 1.29 is 19.4 Å². The largest absolute Gasteiger partial charge is 0.494 e. The number of aromatic hydroxyl groups is 1. The van der Waals surface area contributed by atoms with Gasteiger partial charge in [0.25, 0.3) is 5.56 Å². The van der Waals surface area contributed by atoms with Gasteiger partial charge in [-0.05, 0) is 31.1 Å². The molecular weight excluding hydrogens is 390 g/mol. The first-order valence-corrected chi connectivity index (χ1v) is 9.37. The second-order valence-electron chi connectivity index (χ2n) is 5.68. The summed E-state index contributed by atoms with van der Waals surface area (Å²) in [5.41, 5.74) is 0.0529. The number of H-pyrrole nitrogens is 2. The number of Topliss-reactive ketones (excluding diaryl/α,β-unsaturated/α-hetero) is 1. The highest BCUT2D eigenvalue weighted by atomic mass is 32.1. The van der Waals surface area contributed by atoms with Crippen molar-refractivity contribution in [3.63, 3.8) is 0 Å². The van der Waals surface area contributed by atoms with Crippen molar-refractivity contribution in [2.75, 3.05) is 7.11 Å².